The smallest absolute Gasteiger partial charge is 0.370 e. The van der Waals surface area contributed by atoms with Crippen LogP contribution in [0.3, 0.4) is 0 Å². The van der Waals surface area contributed by atoms with E-state index in [0.29, 0.717) is 24.3 Å². The van der Waals surface area contributed by atoms with E-state index < -0.39 is 11.7 Å². The normalized spacial score (nSPS) is 15.9. The molecule has 154 valence electrons. The Balaban J connectivity index is 1.85. The molecule has 0 aliphatic carbocycles. The number of benzene rings is 3. The van der Waals surface area contributed by atoms with Crippen molar-refractivity contribution in [1.82, 2.24) is 9.78 Å². The zero-order chi connectivity index (χ0) is 21.6. The number of anilines is 1. The maximum Gasteiger partial charge on any atom is 0.417 e. The van der Waals surface area contributed by atoms with Crippen LogP contribution in [0.15, 0.2) is 66.7 Å². The molecule has 0 bridgehead atoms. The van der Waals surface area contributed by atoms with Gasteiger partial charge in [0.15, 0.2) is 0 Å². The first-order valence-corrected chi connectivity index (χ1v) is 9.90. The van der Waals surface area contributed by atoms with Crippen molar-refractivity contribution < 1.29 is 13.2 Å². The number of alkyl halides is 3. The van der Waals surface area contributed by atoms with E-state index in [2.05, 4.69) is 16.5 Å². The van der Waals surface area contributed by atoms with Gasteiger partial charge in [0.2, 0.25) is 0 Å². The summed E-state index contributed by atoms with van der Waals surface area (Å²) in [6.07, 6.45) is -3.92. The Morgan fingerprint density at radius 3 is 2.35 bits per heavy atom. The van der Waals surface area contributed by atoms with Crippen molar-refractivity contribution in [2.75, 3.05) is 11.9 Å². The number of halogens is 3. The van der Waals surface area contributed by atoms with Crippen LogP contribution in [0.2, 0.25) is 0 Å². The van der Waals surface area contributed by atoms with Crippen LogP contribution in [-0.2, 0) is 6.18 Å². The Morgan fingerprint density at radius 1 is 1.03 bits per heavy atom. The molecule has 1 unspecified atom stereocenters. The fraction of sp³-hybridized carbons (Fsp3) is 0.167. The summed E-state index contributed by atoms with van der Waals surface area (Å²) in [6, 6.07) is 21.2. The van der Waals surface area contributed by atoms with Crippen molar-refractivity contribution in [3.05, 3.63) is 83.4 Å². The molecule has 0 radical (unpaired) electrons. The molecule has 1 aliphatic rings. The molecule has 1 aliphatic heterocycles. The van der Waals surface area contributed by atoms with Gasteiger partial charge in [-0.05, 0) is 23.6 Å². The molecule has 0 saturated carbocycles. The van der Waals surface area contributed by atoms with Crippen molar-refractivity contribution in [3.63, 3.8) is 0 Å². The SMILES string of the molecule is N#Cc1c(-c2ccccc2)cc(C(F)(F)F)c2c3n(nc12)C(c1ccccc1)CCN3. The van der Waals surface area contributed by atoms with E-state index >= 15 is 0 Å². The van der Waals surface area contributed by atoms with Crippen LogP contribution in [0.5, 0.6) is 0 Å². The Labute approximate surface area is 176 Å². The van der Waals surface area contributed by atoms with Crippen LogP contribution in [0.1, 0.15) is 29.2 Å². The quantitative estimate of drug-likeness (QED) is 0.434. The lowest BCUT2D eigenvalue weighted by Crippen LogP contribution is -2.24. The van der Waals surface area contributed by atoms with E-state index in [1.54, 1.807) is 35.0 Å². The van der Waals surface area contributed by atoms with E-state index in [9.17, 15) is 18.4 Å². The highest BCUT2D eigenvalue weighted by Crippen LogP contribution is 2.45. The van der Waals surface area contributed by atoms with Gasteiger partial charge in [0.25, 0.3) is 0 Å². The van der Waals surface area contributed by atoms with Gasteiger partial charge in [0.1, 0.15) is 17.4 Å². The molecule has 1 atom stereocenters. The van der Waals surface area contributed by atoms with E-state index in [-0.39, 0.29) is 28.1 Å². The van der Waals surface area contributed by atoms with Gasteiger partial charge in [-0.2, -0.15) is 23.5 Å². The highest BCUT2D eigenvalue weighted by atomic mass is 19.4. The summed E-state index contributed by atoms with van der Waals surface area (Å²) in [5, 5.41) is 17.5. The minimum Gasteiger partial charge on any atom is -0.370 e. The van der Waals surface area contributed by atoms with Crippen molar-refractivity contribution >= 4 is 16.7 Å². The van der Waals surface area contributed by atoms with Crippen LogP contribution >= 0.6 is 0 Å². The monoisotopic (exact) mass is 418 g/mol. The molecule has 1 aromatic heterocycles. The number of nitrogens with one attached hydrogen (secondary N) is 1. The number of hydrogen-bond acceptors (Lipinski definition) is 3. The van der Waals surface area contributed by atoms with Crippen molar-refractivity contribution in [1.29, 1.82) is 5.26 Å². The van der Waals surface area contributed by atoms with Gasteiger partial charge in [0.05, 0.1) is 22.6 Å². The molecular formula is C24H17F3N4. The Bertz CT molecular complexity index is 1300. The van der Waals surface area contributed by atoms with Crippen LogP contribution in [0.25, 0.3) is 22.0 Å². The molecule has 0 spiro atoms. The molecule has 5 rings (SSSR count). The van der Waals surface area contributed by atoms with Crippen LogP contribution in [0, 0.1) is 11.3 Å². The lowest BCUT2D eigenvalue weighted by atomic mass is 9.94. The third-order valence-corrected chi connectivity index (χ3v) is 5.67. The first-order valence-electron chi connectivity index (χ1n) is 9.90. The summed E-state index contributed by atoms with van der Waals surface area (Å²) in [6.45, 7) is 0.514. The van der Waals surface area contributed by atoms with Crippen LogP contribution in [0.4, 0.5) is 19.0 Å². The van der Waals surface area contributed by atoms with Gasteiger partial charge in [-0.15, -0.1) is 0 Å². The van der Waals surface area contributed by atoms with E-state index in [4.69, 9.17) is 0 Å². The topological polar surface area (TPSA) is 53.6 Å². The standard InChI is InChI=1S/C24H17F3N4/c25-24(26,27)19-13-17(15-7-3-1-4-8-15)18(14-28)22-21(19)23-29-12-11-20(31(23)30-22)16-9-5-2-6-10-16/h1-10,13,20,29H,11-12H2. The summed E-state index contributed by atoms with van der Waals surface area (Å²) < 4.78 is 44.1. The molecule has 0 saturated heterocycles. The Kier molecular flexibility index (Phi) is 4.44. The maximum atomic E-state index is 14.2. The van der Waals surface area contributed by atoms with Crippen LogP contribution < -0.4 is 5.32 Å². The lowest BCUT2D eigenvalue weighted by Gasteiger charge is -2.26. The number of nitrogens with zero attached hydrogens (tertiary/aromatic N) is 3. The average Bonchev–Trinajstić information content (AvgIpc) is 3.18. The molecule has 7 heteroatoms. The van der Waals surface area contributed by atoms with Gasteiger partial charge in [-0.1, -0.05) is 60.7 Å². The minimum atomic E-state index is -4.60. The Hall–Kier alpha value is -3.79. The molecule has 2 heterocycles. The largest absolute Gasteiger partial charge is 0.417 e. The molecule has 0 fully saturated rings. The van der Waals surface area contributed by atoms with Gasteiger partial charge in [0, 0.05) is 12.1 Å². The highest BCUT2D eigenvalue weighted by Gasteiger charge is 2.38. The van der Waals surface area contributed by atoms with Gasteiger partial charge < -0.3 is 5.32 Å². The van der Waals surface area contributed by atoms with Gasteiger partial charge >= 0.3 is 6.18 Å². The molecule has 3 aromatic carbocycles. The first-order chi connectivity index (χ1) is 15.0. The number of fused-ring (bicyclic) bond motifs is 3. The van der Waals surface area contributed by atoms with Crippen molar-refractivity contribution in [3.8, 4) is 17.2 Å². The fourth-order valence-electron chi connectivity index (χ4n) is 4.29. The summed E-state index contributed by atoms with van der Waals surface area (Å²) in [5.41, 5.74) is 1.17. The number of nitriles is 1. The number of hydrogen-bond donors (Lipinski definition) is 1. The second kappa shape index (κ2) is 7.17. The molecular weight excluding hydrogens is 401 g/mol. The molecule has 4 aromatic rings. The predicted octanol–water partition coefficient (Wildman–Crippen LogP) is 6.00. The summed E-state index contributed by atoms with van der Waals surface area (Å²) in [5.74, 6) is 0.304. The van der Waals surface area contributed by atoms with Crippen LogP contribution in [-0.4, -0.2) is 16.3 Å². The Morgan fingerprint density at radius 2 is 1.71 bits per heavy atom. The van der Waals surface area contributed by atoms with Gasteiger partial charge in [-0.3, -0.25) is 0 Å². The maximum absolute atomic E-state index is 14.2. The molecule has 4 nitrogen and oxygen atoms in total. The van der Waals surface area contributed by atoms with Gasteiger partial charge in [-0.25, -0.2) is 4.68 Å². The summed E-state index contributed by atoms with van der Waals surface area (Å²) >= 11 is 0. The summed E-state index contributed by atoms with van der Waals surface area (Å²) in [4.78, 5) is 0. The van der Waals surface area contributed by atoms with E-state index in [1.165, 1.54) is 0 Å². The minimum absolute atomic E-state index is 0.0515. The van der Waals surface area contributed by atoms with Crippen molar-refractivity contribution in [2.24, 2.45) is 0 Å². The van der Waals surface area contributed by atoms with Crippen molar-refractivity contribution in [2.45, 2.75) is 18.6 Å². The second-order valence-electron chi connectivity index (χ2n) is 7.48. The van der Waals surface area contributed by atoms with E-state index in [1.807, 2.05) is 30.3 Å². The predicted molar refractivity (Wildman–Crippen MR) is 113 cm³/mol. The number of rotatable bonds is 2. The van der Waals surface area contributed by atoms with E-state index in [0.717, 1.165) is 11.6 Å². The third kappa shape index (κ3) is 3.12. The molecule has 31 heavy (non-hydrogen) atoms. The zero-order valence-corrected chi connectivity index (χ0v) is 16.3. The second-order valence-corrected chi connectivity index (χ2v) is 7.48. The lowest BCUT2D eigenvalue weighted by molar-refractivity contribution is -0.136. The molecule has 1 N–H and O–H groups in total. The number of aromatic nitrogens is 2. The third-order valence-electron chi connectivity index (χ3n) is 5.67. The fourth-order valence-corrected chi connectivity index (χ4v) is 4.29. The molecule has 0 amide bonds. The highest BCUT2D eigenvalue weighted by molar-refractivity contribution is 6.01. The average molecular weight is 418 g/mol. The zero-order valence-electron chi connectivity index (χ0n) is 16.3. The summed E-state index contributed by atoms with van der Waals surface area (Å²) in [7, 11) is 0. The first kappa shape index (κ1) is 19.2.